The molecular weight excluding hydrogens is 264 g/mol. The van der Waals surface area contributed by atoms with E-state index in [1.165, 1.54) is 58.2 Å². The Balaban J connectivity index is 1.86. The third kappa shape index (κ3) is 2.14. The Hall–Kier alpha value is -2.08. The molecule has 2 aromatic rings. The third-order valence-corrected chi connectivity index (χ3v) is 4.77. The van der Waals surface area contributed by atoms with E-state index in [1.807, 2.05) is 0 Å². The van der Waals surface area contributed by atoms with E-state index < -0.39 is 0 Å². The summed E-state index contributed by atoms with van der Waals surface area (Å²) in [6, 6.07) is 13.4. The lowest BCUT2D eigenvalue weighted by Gasteiger charge is -2.16. The highest BCUT2D eigenvalue weighted by Crippen LogP contribution is 2.44. The van der Waals surface area contributed by atoms with Crippen LogP contribution in [-0.4, -0.2) is 0 Å². The van der Waals surface area contributed by atoms with Gasteiger partial charge in [-0.3, -0.25) is 0 Å². The number of unbranched alkanes of at least 4 members (excludes halogenated alkanes) is 1. The van der Waals surface area contributed by atoms with Crippen molar-refractivity contribution in [2.45, 2.75) is 32.6 Å². The van der Waals surface area contributed by atoms with Crippen molar-refractivity contribution in [2.24, 2.45) is 0 Å². The second-order valence-corrected chi connectivity index (χ2v) is 6.22. The number of fused-ring (bicyclic) bond motifs is 3. The van der Waals surface area contributed by atoms with Crippen LogP contribution in [0.3, 0.4) is 0 Å². The van der Waals surface area contributed by atoms with Crippen molar-refractivity contribution >= 4 is 5.57 Å². The molecule has 0 amide bonds. The van der Waals surface area contributed by atoms with Gasteiger partial charge in [-0.25, -0.2) is 0 Å². The van der Waals surface area contributed by atoms with Gasteiger partial charge in [0, 0.05) is 6.42 Å². The van der Waals surface area contributed by atoms with Crippen LogP contribution in [0.2, 0.25) is 0 Å². The predicted molar refractivity (Wildman–Crippen MR) is 94.7 cm³/mol. The van der Waals surface area contributed by atoms with Gasteiger partial charge in [-0.2, -0.15) is 0 Å². The molecule has 0 fully saturated rings. The van der Waals surface area contributed by atoms with Crippen LogP contribution in [0.15, 0.2) is 54.6 Å². The van der Waals surface area contributed by atoms with Crippen LogP contribution in [0, 0.1) is 6.42 Å². The number of hydrogen-bond donors (Lipinski definition) is 0. The topological polar surface area (TPSA) is 0 Å². The standard InChI is InChI=1S/C22H21/c1-2-3-8-17-13-14-20-19-12-7-6-11-18(19)15-21(20)22(17)16-9-4-5-10-16/h4-7,9,11-15H,2-3,8,10H2,1H3. The average molecular weight is 285 g/mol. The van der Waals surface area contributed by atoms with Gasteiger partial charge in [0.25, 0.3) is 0 Å². The van der Waals surface area contributed by atoms with Crippen molar-refractivity contribution in [1.82, 2.24) is 0 Å². The van der Waals surface area contributed by atoms with Crippen molar-refractivity contribution in [1.29, 1.82) is 0 Å². The van der Waals surface area contributed by atoms with Crippen LogP contribution in [0.5, 0.6) is 0 Å². The number of hydrogen-bond acceptors (Lipinski definition) is 0. The maximum absolute atomic E-state index is 2.38. The molecule has 0 atom stereocenters. The van der Waals surface area contributed by atoms with Crippen LogP contribution >= 0.6 is 0 Å². The quantitative estimate of drug-likeness (QED) is 0.555. The van der Waals surface area contributed by atoms with Crippen LogP contribution < -0.4 is 0 Å². The van der Waals surface area contributed by atoms with Gasteiger partial charge in [0.15, 0.2) is 0 Å². The molecule has 0 unspecified atom stereocenters. The van der Waals surface area contributed by atoms with Gasteiger partial charge in [0.2, 0.25) is 0 Å². The van der Waals surface area contributed by atoms with E-state index in [0.29, 0.717) is 0 Å². The fourth-order valence-corrected chi connectivity index (χ4v) is 3.66. The number of aryl methyl sites for hydroxylation is 1. The zero-order valence-corrected chi connectivity index (χ0v) is 13.1. The first kappa shape index (κ1) is 13.6. The molecule has 1 radical (unpaired) electrons. The molecule has 2 aliphatic carbocycles. The van der Waals surface area contributed by atoms with E-state index in [2.05, 4.69) is 68.0 Å². The smallest absolute Gasteiger partial charge is 0.0218 e. The molecule has 0 saturated heterocycles. The van der Waals surface area contributed by atoms with Crippen LogP contribution in [-0.2, 0) is 6.42 Å². The Bertz CT molecular complexity index is 775. The van der Waals surface area contributed by atoms with Crippen molar-refractivity contribution in [3.8, 4) is 11.1 Å². The first-order valence-electron chi connectivity index (χ1n) is 8.34. The highest BCUT2D eigenvalue weighted by atomic mass is 14.3. The summed E-state index contributed by atoms with van der Waals surface area (Å²) >= 11 is 0. The largest absolute Gasteiger partial charge is 0.0801 e. The maximum Gasteiger partial charge on any atom is 0.0218 e. The zero-order chi connectivity index (χ0) is 14.9. The lowest BCUT2D eigenvalue weighted by molar-refractivity contribution is 0.793. The number of rotatable bonds is 4. The molecule has 0 aromatic heterocycles. The monoisotopic (exact) mass is 285 g/mol. The molecule has 0 heterocycles. The van der Waals surface area contributed by atoms with Crippen molar-refractivity contribution < 1.29 is 0 Å². The number of allylic oxidation sites excluding steroid dienone is 4. The minimum absolute atomic E-state index is 1.07. The summed E-state index contributed by atoms with van der Waals surface area (Å²) in [5.74, 6) is 0. The molecule has 0 heteroatoms. The van der Waals surface area contributed by atoms with Gasteiger partial charge in [0.05, 0.1) is 0 Å². The van der Waals surface area contributed by atoms with Crippen molar-refractivity contribution in [3.63, 3.8) is 0 Å². The van der Waals surface area contributed by atoms with Gasteiger partial charge in [-0.1, -0.05) is 68.0 Å². The minimum Gasteiger partial charge on any atom is -0.0801 e. The van der Waals surface area contributed by atoms with E-state index in [0.717, 1.165) is 6.42 Å². The molecule has 0 spiro atoms. The van der Waals surface area contributed by atoms with E-state index in [-0.39, 0.29) is 0 Å². The molecule has 0 bridgehead atoms. The van der Waals surface area contributed by atoms with E-state index in [4.69, 9.17) is 0 Å². The SMILES string of the molecule is CCCCc1ccc2c(c1C1=CC=CC1)[CH]c1ccccc1-2. The molecule has 0 nitrogen and oxygen atoms in total. The van der Waals surface area contributed by atoms with Crippen LogP contribution in [0.4, 0.5) is 0 Å². The molecule has 22 heavy (non-hydrogen) atoms. The lowest BCUT2D eigenvalue weighted by atomic mass is 9.88. The third-order valence-electron chi connectivity index (χ3n) is 4.77. The van der Waals surface area contributed by atoms with Crippen LogP contribution in [0.25, 0.3) is 16.7 Å². The highest BCUT2D eigenvalue weighted by Gasteiger charge is 2.24. The molecule has 109 valence electrons. The molecule has 0 aliphatic heterocycles. The summed E-state index contributed by atoms with van der Waals surface area (Å²) < 4.78 is 0. The molecule has 4 rings (SSSR count). The molecular formula is C22H21. The summed E-state index contributed by atoms with van der Waals surface area (Å²) in [5.41, 5.74) is 10.1. The second-order valence-electron chi connectivity index (χ2n) is 6.22. The molecule has 0 saturated carbocycles. The lowest BCUT2D eigenvalue weighted by Crippen LogP contribution is -1.98. The average Bonchev–Trinajstić information content (AvgIpc) is 3.19. The van der Waals surface area contributed by atoms with Gasteiger partial charge < -0.3 is 0 Å². The summed E-state index contributed by atoms with van der Waals surface area (Å²) in [6.45, 7) is 2.27. The molecule has 0 N–H and O–H groups in total. The minimum atomic E-state index is 1.07. The summed E-state index contributed by atoms with van der Waals surface area (Å²) in [5, 5.41) is 0. The van der Waals surface area contributed by atoms with Crippen LogP contribution in [0.1, 0.15) is 48.4 Å². The fraction of sp³-hybridized carbons (Fsp3) is 0.227. The first-order valence-corrected chi connectivity index (χ1v) is 8.34. The Labute approximate surface area is 133 Å². The molecule has 2 aromatic carbocycles. The van der Waals surface area contributed by atoms with Gasteiger partial charge in [-0.15, -0.1) is 0 Å². The summed E-state index contributed by atoms with van der Waals surface area (Å²) in [7, 11) is 0. The summed E-state index contributed by atoms with van der Waals surface area (Å²) in [6.07, 6.45) is 13.9. The fourth-order valence-electron chi connectivity index (χ4n) is 3.66. The van der Waals surface area contributed by atoms with E-state index >= 15 is 0 Å². The second kappa shape index (κ2) is 5.61. The Morgan fingerprint density at radius 3 is 2.73 bits per heavy atom. The van der Waals surface area contributed by atoms with E-state index in [9.17, 15) is 0 Å². The van der Waals surface area contributed by atoms with Gasteiger partial charge in [-0.05, 0) is 58.2 Å². The molecule has 2 aliphatic rings. The van der Waals surface area contributed by atoms with Crippen molar-refractivity contribution in [2.75, 3.05) is 0 Å². The Morgan fingerprint density at radius 1 is 1.00 bits per heavy atom. The maximum atomic E-state index is 2.38. The number of benzene rings is 2. The first-order chi connectivity index (χ1) is 10.9. The van der Waals surface area contributed by atoms with Gasteiger partial charge >= 0.3 is 0 Å². The Kier molecular flexibility index (Phi) is 3.46. The Morgan fingerprint density at radius 2 is 1.91 bits per heavy atom. The predicted octanol–water partition coefficient (Wildman–Crippen LogP) is 5.95. The zero-order valence-electron chi connectivity index (χ0n) is 13.1. The van der Waals surface area contributed by atoms with Crippen molar-refractivity contribution in [3.05, 3.63) is 83.3 Å². The summed E-state index contributed by atoms with van der Waals surface area (Å²) in [4.78, 5) is 0. The highest BCUT2D eigenvalue weighted by molar-refractivity contribution is 5.89. The van der Waals surface area contributed by atoms with E-state index in [1.54, 1.807) is 0 Å². The van der Waals surface area contributed by atoms with Gasteiger partial charge in [0.1, 0.15) is 0 Å². The normalized spacial score (nSPS) is 14.9.